The van der Waals surface area contributed by atoms with E-state index in [4.69, 9.17) is 12.2 Å². The lowest BCUT2D eigenvalue weighted by Gasteiger charge is -2.22. The lowest BCUT2D eigenvalue weighted by molar-refractivity contribution is -0.122. The Kier molecular flexibility index (Phi) is 4.42. The number of allylic oxidation sites excluding steroid dienone is 1. The zero-order chi connectivity index (χ0) is 18.1. The number of carbonyl (C=O) groups excluding carboxylic acids is 1. The van der Waals surface area contributed by atoms with Gasteiger partial charge in [-0.2, -0.15) is 5.10 Å². The van der Waals surface area contributed by atoms with E-state index in [0.717, 1.165) is 16.5 Å². The van der Waals surface area contributed by atoms with Crippen molar-refractivity contribution in [2.24, 2.45) is 11.8 Å². The van der Waals surface area contributed by atoms with Crippen LogP contribution in [-0.2, 0) is 11.3 Å². The highest BCUT2D eigenvalue weighted by Crippen LogP contribution is 2.38. The molecule has 1 amide bonds. The first kappa shape index (κ1) is 16.7. The highest BCUT2D eigenvalue weighted by molar-refractivity contribution is 7.80. The molecule has 0 radical (unpaired) electrons. The molecular formula is C18H19N5O2S. The van der Waals surface area contributed by atoms with Crippen LogP contribution in [0.3, 0.4) is 0 Å². The van der Waals surface area contributed by atoms with Crippen LogP contribution in [0.15, 0.2) is 47.4 Å². The third-order valence-corrected chi connectivity index (χ3v) is 5.19. The van der Waals surface area contributed by atoms with Crippen molar-refractivity contribution in [1.29, 1.82) is 0 Å². The SMILES string of the molecule is O=C(Cn1ncc2ccccc2c1=O)NNC(=S)N[C@H]1C[C@H]2C=C[C@H]1C2. The van der Waals surface area contributed by atoms with Crippen LogP contribution >= 0.6 is 12.2 Å². The van der Waals surface area contributed by atoms with E-state index < -0.39 is 5.91 Å². The van der Waals surface area contributed by atoms with Crippen molar-refractivity contribution in [3.63, 3.8) is 0 Å². The van der Waals surface area contributed by atoms with E-state index in [1.54, 1.807) is 18.3 Å². The summed E-state index contributed by atoms with van der Waals surface area (Å²) in [4.78, 5) is 24.5. The van der Waals surface area contributed by atoms with Gasteiger partial charge in [-0.25, -0.2) is 4.68 Å². The molecule has 0 unspecified atom stereocenters. The maximum absolute atomic E-state index is 12.4. The highest BCUT2D eigenvalue weighted by atomic mass is 32.1. The van der Waals surface area contributed by atoms with Gasteiger partial charge in [0.05, 0.1) is 11.6 Å². The van der Waals surface area contributed by atoms with Crippen LogP contribution in [-0.4, -0.2) is 26.8 Å². The molecule has 2 aromatic rings. The molecule has 4 rings (SSSR count). The first-order valence-corrected chi connectivity index (χ1v) is 8.99. The molecule has 3 atom stereocenters. The van der Waals surface area contributed by atoms with Gasteiger partial charge in [-0.3, -0.25) is 20.4 Å². The summed E-state index contributed by atoms with van der Waals surface area (Å²) >= 11 is 5.23. The highest BCUT2D eigenvalue weighted by Gasteiger charge is 2.35. The average Bonchev–Trinajstić information content (AvgIpc) is 3.26. The second-order valence-electron chi connectivity index (χ2n) is 6.73. The number of nitrogens with zero attached hydrogens (tertiary/aromatic N) is 2. The van der Waals surface area contributed by atoms with Crippen molar-refractivity contribution in [1.82, 2.24) is 25.9 Å². The number of carbonyl (C=O) groups is 1. The fourth-order valence-electron chi connectivity index (χ4n) is 3.69. The number of fused-ring (bicyclic) bond motifs is 3. The van der Waals surface area contributed by atoms with E-state index in [0.29, 0.717) is 28.4 Å². The first-order valence-electron chi connectivity index (χ1n) is 8.58. The maximum Gasteiger partial charge on any atom is 0.275 e. The number of benzene rings is 1. The monoisotopic (exact) mass is 369 g/mol. The van der Waals surface area contributed by atoms with Crippen molar-refractivity contribution in [2.45, 2.75) is 25.4 Å². The quantitative estimate of drug-likeness (QED) is 0.423. The fourth-order valence-corrected chi connectivity index (χ4v) is 3.90. The van der Waals surface area contributed by atoms with Crippen molar-refractivity contribution in [3.8, 4) is 0 Å². The minimum absolute atomic E-state index is 0.184. The first-order chi connectivity index (χ1) is 12.6. The van der Waals surface area contributed by atoms with Gasteiger partial charge in [0.15, 0.2) is 5.11 Å². The van der Waals surface area contributed by atoms with Gasteiger partial charge in [-0.15, -0.1) is 0 Å². The van der Waals surface area contributed by atoms with Crippen molar-refractivity contribution < 1.29 is 4.79 Å². The molecule has 2 bridgehead atoms. The van der Waals surface area contributed by atoms with E-state index in [9.17, 15) is 9.59 Å². The van der Waals surface area contributed by atoms with E-state index in [1.807, 2.05) is 12.1 Å². The van der Waals surface area contributed by atoms with Crippen LogP contribution in [0, 0.1) is 11.8 Å². The van der Waals surface area contributed by atoms with Crippen molar-refractivity contribution in [3.05, 3.63) is 53.0 Å². The Morgan fingerprint density at radius 1 is 1.23 bits per heavy atom. The molecule has 8 heteroatoms. The van der Waals surface area contributed by atoms with Crippen LogP contribution in [0.2, 0.25) is 0 Å². The Morgan fingerprint density at radius 2 is 2.08 bits per heavy atom. The zero-order valence-corrected chi connectivity index (χ0v) is 14.8. The minimum atomic E-state index is -0.396. The molecule has 2 aliphatic carbocycles. The molecule has 1 heterocycles. The fraction of sp³-hybridized carbons (Fsp3) is 0.333. The van der Waals surface area contributed by atoms with Crippen LogP contribution < -0.4 is 21.7 Å². The number of hydrogen-bond donors (Lipinski definition) is 3. The Labute approximate surface area is 155 Å². The lowest BCUT2D eigenvalue weighted by atomic mass is 10.0. The topological polar surface area (TPSA) is 88.0 Å². The molecule has 0 saturated heterocycles. The molecule has 1 saturated carbocycles. The number of hydrogen-bond acceptors (Lipinski definition) is 4. The molecule has 1 fully saturated rings. The van der Waals surface area contributed by atoms with Gasteiger partial charge in [-0.1, -0.05) is 30.4 Å². The number of aromatic nitrogens is 2. The molecule has 0 aliphatic heterocycles. The maximum atomic E-state index is 12.4. The van der Waals surface area contributed by atoms with Crippen molar-refractivity contribution in [2.75, 3.05) is 0 Å². The summed E-state index contributed by atoms with van der Waals surface area (Å²) in [6.45, 7) is -0.184. The second-order valence-corrected chi connectivity index (χ2v) is 7.14. The minimum Gasteiger partial charge on any atom is -0.358 e. The van der Waals surface area contributed by atoms with Crippen LogP contribution in [0.25, 0.3) is 10.8 Å². The number of rotatable bonds is 3. The Bertz CT molecular complexity index is 954. The van der Waals surface area contributed by atoms with E-state index in [1.165, 1.54) is 6.42 Å². The molecule has 7 nitrogen and oxygen atoms in total. The standard InChI is InChI=1S/C18H19N5O2S/c24-16(10-23-17(25)14-4-2-1-3-13(14)9-19-23)21-22-18(26)20-15-8-11-5-6-12(15)7-11/h1-6,9,11-12,15H,7-8,10H2,(H,21,24)(H2,20,22,26)/t11-,12-,15-/m0/s1. The van der Waals surface area contributed by atoms with E-state index in [2.05, 4.69) is 33.4 Å². The normalized spacial score (nSPS) is 23.2. The van der Waals surface area contributed by atoms with Crippen LogP contribution in [0.5, 0.6) is 0 Å². The molecule has 1 aromatic carbocycles. The molecular weight excluding hydrogens is 350 g/mol. The Hall–Kier alpha value is -2.74. The summed E-state index contributed by atoms with van der Waals surface area (Å²) in [5.74, 6) is 0.753. The van der Waals surface area contributed by atoms with Gasteiger partial charge in [-0.05, 0) is 43.0 Å². The largest absolute Gasteiger partial charge is 0.358 e. The number of hydrazine groups is 1. The van der Waals surface area contributed by atoms with Gasteiger partial charge in [0.1, 0.15) is 6.54 Å². The van der Waals surface area contributed by atoms with Gasteiger partial charge in [0.2, 0.25) is 0 Å². The van der Waals surface area contributed by atoms with Gasteiger partial charge >= 0.3 is 0 Å². The number of nitrogens with one attached hydrogen (secondary N) is 3. The van der Waals surface area contributed by atoms with E-state index >= 15 is 0 Å². The number of thiocarbonyl (C=S) groups is 1. The third-order valence-electron chi connectivity index (χ3n) is 4.97. The predicted molar refractivity (Wildman–Crippen MR) is 102 cm³/mol. The van der Waals surface area contributed by atoms with Crippen LogP contribution in [0.1, 0.15) is 12.8 Å². The Morgan fingerprint density at radius 3 is 2.85 bits per heavy atom. The van der Waals surface area contributed by atoms with Gasteiger partial charge in [0.25, 0.3) is 11.5 Å². The van der Waals surface area contributed by atoms with Gasteiger partial charge in [0, 0.05) is 11.4 Å². The summed E-state index contributed by atoms with van der Waals surface area (Å²) in [5.41, 5.74) is 4.91. The number of amides is 1. The summed E-state index contributed by atoms with van der Waals surface area (Å²) in [5, 5.41) is 8.94. The smallest absolute Gasteiger partial charge is 0.275 e. The molecule has 2 aliphatic rings. The summed E-state index contributed by atoms with van der Waals surface area (Å²) in [7, 11) is 0. The molecule has 0 spiro atoms. The average molecular weight is 369 g/mol. The van der Waals surface area contributed by atoms with Crippen molar-refractivity contribution >= 4 is 34.0 Å². The van der Waals surface area contributed by atoms with Gasteiger partial charge < -0.3 is 5.32 Å². The predicted octanol–water partition coefficient (Wildman–Crippen LogP) is 0.856. The Balaban J connectivity index is 1.31. The molecule has 3 N–H and O–H groups in total. The third kappa shape index (κ3) is 3.32. The summed E-state index contributed by atoms with van der Waals surface area (Å²) < 4.78 is 1.14. The molecule has 134 valence electrons. The summed E-state index contributed by atoms with van der Waals surface area (Å²) in [6.07, 6.45) is 8.29. The molecule has 1 aromatic heterocycles. The zero-order valence-electron chi connectivity index (χ0n) is 14.0. The summed E-state index contributed by atoms with van der Waals surface area (Å²) in [6, 6.07) is 7.46. The van der Waals surface area contributed by atoms with Crippen LogP contribution in [0.4, 0.5) is 0 Å². The lowest BCUT2D eigenvalue weighted by Crippen LogP contribution is -2.51. The second kappa shape index (κ2) is 6.87. The molecule has 26 heavy (non-hydrogen) atoms. The van der Waals surface area contributed by atoms with E-state index in [-0.39, 0.29) is 12.1 Å².